The van der Waals surface area contributed by atoms with Gasteiger partial charge in [0.25, 0.3) is 0 Å². The quantitative estimate of drug-likeness (QED) is 0.242. The number of hydrogen-bond donors (Lipinski definition) is 1. The second-order valence-electron chi connectivity index (χ2n) is 8.82. The molecule has 7 nitrogen and oxygen atoms in total. The molecule has 0 amide bonds. The van der Waals surface area contributed by atoms with E-state index in [9.17, 15) is 0 Å². The number of furan rings is 1. The maximum Gasteiger partial charge on any atom is 0.142 e. The van der Waals surface area contributed by atoms with Crippen molar-refractivity contribution < 1.29 is 18.6 Å². The number of ether oxygens (including phenoxy) is 3. The van der Waals surface area contributed by atoms with E-state index in [2.05, 4.69) is 27.4 Å². The number of anilines is 2. The van der Waals surface area contributed by atoms with Gasteiger partial charge in [-0.05, 0) is 73.6 Å². The maximum absolute atomic E-state index is 6.23. The van der Waals surface area contributed by atoms with Crippen LogP contribution in [0.5, 0.6) is 11.5 Å². The molecule has 1 aliphatic rings. The molecule has 1 N–H and O–H groups in total. The summed E-state index contributed by atoms with van der Waals surface area (Å²) in [5.74, 6) is 3.70. The van der Waals surface area contributed by atoms with Gasteiger partial charge >= 0.3 is 0 Å². The Bertz CT molecular complexity index is 1270. The lowest BCUT2D eigenvalue weighted by Gasteiger charge is -2.28. The van der Waals surface area contributed by atoms with Crippen molar-refractivity contribution in [3.63, 3.8) is 0 Å². The Morgan fingerprint density at radius 2 is 1.89 bits per heavy atom. The first kappa shape index (κ1) is 23.2. The van der Waals surface area contributed by atoms with E-state index in [0.29, 0.717) is 12.5 Å². The molecule has 0 radical (unpaired) electrons. The molecular formula is C28H31N3O4. The molecule has 7 heteroatoms. The third-order valence-electron chi connectivity index (χ3n) is 6.57. The van der Waals surface area contributed by atoms with E-state index in [1.165, 1.54) is 24.8 Å². The molecule has 0 saturated heterocycles. The first-order valence-corrected chi connectivity index (χ1v) is 12.2. The lowest BCUT2D eigenvalue weighted by Crippen LogP contribution is -2.12. The van der Waals surface area contributed by atoms with Crippen LogP contribution >= 0.6 is 0 Å². The minimum atomic E-state index is 0.512. The number of hydrogen-bond acceptors (Lipinski definition) is 7. The zero-order chi connectivity index (χ0) is 24.0. The van der Waals surface area contributed by atoms with E-state index in [0.717, 1.165) is 64.7 Å². The first-order valence-electron chi connectivity index (χ1n) is 12.2. The molecule has 2 heterocycles. The summed E-state index contributed by atoms with van der Waals surface area (Å²) in [7, 11) is 3.39. The number of unbranched alkanes of at least 4 members (excludes halogenated alkanes) is 1. The topological polar surface area (TPSA) is 78.6 Å². The summed E-state index contributed by atoms with van der Waals surface area (Å²) in [5, 5.41) is 4.45. The first-order chi connectivity index (χ1) is 17.3. The second kappa shape index (κ2) is 10.8. The summed E-state index contributed by atoms with van der Waals surface area (Å²) >= 11 is 0. The highest BCUT2D eigenvalue weighted by molar-refractivity contribution is 5.93. The molecule has 0 unspecified atom stereocenters. The summed E-state index contributed by atoms with van der Waals surface area (Å²) in [5.41, 5.74) is 3.85. The van der Waals surface area contributed by atoms with Gasteiger partial charge in [0.1, 0.15) is 29.4 Å². The van der Waals surface area contributed by atoms with Gasteiger partial charge in [-0.2, -0.15) is 0 Å². The fraction of sp³-hybridized carbons (Fsp3) is 0.357. The summed E-state index contributed by atoms with van der Waals surface area (Å²) < 4.78 is 22.6. The van der Waals surface area contributed by atoms with Gasteiger partial charge in [-0.1, -0.05) is 6.42 Å². The molecule has 35 heavy (non-hydrogen) atoms. The second-order valence-corrected chi connectivity index (χ2v) is 8.82. The smallest absolute Gasteiger partial charge is 0.142 e. The number of nitrogens with zero attached hydrogens (tertiary/aromatic N) is 2. The molecule has 1 aliphatic carbocycles. The van der Waals surface area contributed by atoms with Gasteiger partial charge in [-0.15, -0.1) is 0 Å². The Balaban J connectivity index is 1.48. The maximum atomic E-state index is 6.23. The molecule has 2 aromatic heterocycles. The van der Waals surface area contributed by atoms with Gasteiger partial charge in [0.2, 0.25) is 0 Å². The highest BCUT2D eigenvalue weighted by atomic mass is 16.5. The van der Waals surface area contributed by atoms with E-state index < -0.39 is 0 Å². The van der Waals surface area contributed by atoms with Gasteiger partial charge in [0, 0.05) is 30.7 Å². The summed E-state index contributed by atoms with van der Waals surface area (Å²) in [6.07, 6.45) is 8.81. The number of nitrogens with one attached hydrogen (secondary N) is 1. The minimum absolute atomic E-state index is 0.512. The zero-order valence-electron chi connectivity index (χ0n) is 20.3. The predicted octanol–water partition coefficient (Wildman–Crippen LogP) is 6.71. The third-order valence-corrected chi connectivity index (χ3v) is 6.57. The fourth-order valence-corrected chi connectivity index (χ4v) is 4.42. The predicted molar refractivity (Wildman–Crippen MR) is 137 cm³/mol. The Morgan fingerprint density at radius 3 is 2.63 bits per heavy atom. The summed E-state index contributed by atoms with van der Waals surface area (Å²) in [6, 6.07) is 14.0. The van der Waals surface area contributed by atoms with E-state index in [4.69, 9.17) is 18.6 Å². The number of aromatic nitrogens is 2. The number of benzene rings is 2. The van der Waals surface area contributed by atoms with Crippen LogP contribution in [0.3, 0.4) is 0 Å². The Hall–Kier alpha value is -3.58. The van der Waals surface area contributed by atoms with Crippen LogP contribution in [0.1, 0.15) is 43.6 Å². The molecule has 0 spiro atoms. The molecule has 182 valence electrons. The van der Waals surface area contributed by atoms with E-state index in [1.54, 1.807) is 26.8 Å². The molecule has 4 aromatic rings. The third kappa shape index (κ3) is 5.10. The standard InChI is InChI=1S/C28H31N3O4/c1-32-12-3-4-13-35-27-17-23-22(16-21(27)19-7-5-8-19)28(30-18-29-23)31-24-15-20(10-11-26(24)33-2)25-9-6-14-34-25/h6,9-11,14-19H,3-5,7-8,12-13H2,1-2H3,(H,29,30,31). The average molecular weight is 474 g/mol. The molecule has 0 atom stereocenters. The molecular weight excluding hydrogens is 442 g/mol. The van der Waals surface area contributed by atoms with Crippen molar-refractivity contribution in [1.29, 1.82) is 0 Å². The molecule has 1 saturated carbocycles. The van der Waals surface area contributed by atoms with Crippen LogP contribution < -0.4 is 14.8 Å². The largest absolute Gasteiger partial charge is 0.495 e. The van der Waals surface area contributed by atoms with Gasteiger partial charge < -0.3 is 23.9 Å². The summed E-state index contributed by atoms with van der Waals surface area (Å²) in [6.45, 7) is 1.42. The van der Waals surface area contributed by atoms with Gasteiger partial charge in [-0.25, -0.2) is 9.97 Å². The van der Waals surface area contributed by atoms with Gasteiger partial charge in [0.15, 0.2) is 0 Å². The van der Waals surface area contributed by atoms with Crippen molar-refractivity contribution in [2.75, 3.05) is 32.8 Å². The Labute approximate surface area is 205 Å². The molecule has 0 aliphatic heterocycles. The molecule has 1 fully saturated rings. The molecule has 0 bridgehead atoms. The van der Waals surface area contributed by atoms with Crippen molar-refractivity contribution in [2.24, 2.45) is 0 Å². The van der Waals surface area contributed by atoms with Crippen molar-refractivity contribution in [1.82, 2.24) is 9.97 Å². The normalized spacial score (nSPS) is 13.5. The zero-order valence-corrected chi connectivity index (χ0v) is 20.3. The van der Waals surface area contributed by atoms with Crippen LogP contribution in [0.2, 0.25) is 0 Å². The number of methoxy groups -OCH3 is 2. The lowest BCUT2D eigenvalue weighted by molar-refractivity contribution is 0.183. The monoisotopic (exact) mass is 473 g/mol. The molecule has 5 rings (SSSR count). The van der Waals surface area contributed by atoms with Crippen molar-refractivity contribution in [2.45, 2.75) is 38.0 Å². The van der Waals surface area contributed by atoms with Crippen LogP contribution in [0, 0.1) is 0 Å². The Kier molecular flexibility index (Phi) is 7.14. The van der Waals surface area contributed by atoms with Crippen LogP contribution in [0.15, 0.2) is 59.5 Å². The number of fused-ring (bicyclic) bond motifs is 1. The van der Waals surface area contributed by atoms with E-state index in [1.807, 2.05) is 30.3 Å². The number of rotatable bonds is 11. The Morgan fingerprint density at radius 1 is 1.00 bits per heavy atom. The highest BCUT2D eigenvalue weighted by Crippen LogP contribution is 2.43. The SMILES string of the molecule is COCCCCOc1cc2ncnc(Nc3cc(-c4ccco4)ccc3OC)c2cc1C1CCC1. The van der Waals surface area contributed by atoms with Crippen LogP contribution in [0.25, 0.3) is 22.2 Å². The van der Waals surface area contributed by atoms with Crippen LogP contribution in [0.4, 0.5) is 11.5 Å². The average Bonchev–Trinajstić information content (AvgIpc) is 3.38. The van der Waals surface area contributed by atoms with Crippen LogP contribution in [-0.2, 0) is 4.74 Å². The van der Waals surface area contributed by atoms with E-state index in [-0.39, 0.29) is 0 Å². The molecule has 2 aromatic carbocycles. The van der Waals surface area contributed by atoms with Gasteiger partial charge in [-0.3, -0.25) is 0 Å². The van der Waals surface area contributed by atoms with Crippen molar-refractivity contribution >= 4 is 22.4 Å². The fourth-order valence-electron chi connectivity index (χ4n) is 4.42. The van der Waals surface area contributed by atoms with Crippen LogP contribution in [-0.4, -0.2) is 37.4 Å². The highest BCUT2D eigenvalue weighted by Gasteiger charge is 2.24. The van der Waals surface area contributed by atoms with Crippen molar-refractivity contribution in [3.05, 3.63) is 60.6 Å². The summed E-state index contributed by atoms with van der Waals surface area (Å²) in [4.78, 5) is 9.13. The van der Waals surface area contributed by atoms with Gasteiger partial charge in [0.05, 0.1) is 31.2 Å². The minimum Gasteiger partial charge on any atom is -0.495 e. The van der Waals surface area contributed by atoms with E-state index >= 15 is 0 Å². The lowest BCUT2D eigenvalue weighted by atomic mass is 9.79. The van der Waals surface area contributed by atoms with Crippen molar-refractivity contribution in [3.8, 4) is 22.8 Å².